The molecule has 0 aromatic carbocycles. The van der Waals surface area contributed by atoms with Gasteiger partial charge in [0.15, 0.2) is 0 Å². The van der Waals surface area contributed by atoms with Gasteiger partial charge in [-0.05, 0) is 30.6 Å². The molecule has 0 nitrogen and oxygen atoms in total. The van der Waals surface area contributed by atoms with Crippen LogP contribution in [0.4, 0.5) is 0 Å². The molecule has 0 aliphatic heterocycles. The molecule has 0 heterocycles. The first-order valence-corrected chi connectivity index (χ1v) is 4.03. The molecule has 0 N–H and O–H groups in total. The lowest BCUT2D eigenvalue weighted by Crippen LogP contribution is -2.38. The molecule has 0 aromatic heterocycles. The minimum atomic E-state index is 0.530. The first-order valence-electron chi connectivity index (χ1n) is 4.03. The van der Waals surface area contributed by atoms with E-state index in [4.69, 9.17) is 7.85 Å². The fourth-order valence-corrected chi connectivity index (χ4v) is 2.36. The SMILES string of the molecule is [B][C@@H]1CC2CC(C2)[C@H]1C. The van der Waals surface area contributed by atoms with E-state index in [2.05, 4.69) is 6.92 Å². The standard InChI is InChI=1S/C8H13B/c1-5-7-2-6(3-7)4-8(5)9/h5-8H,2-4H2,1H3/t5-,6?,7?,8-/m1/s1. The second-order valence-corrected chi connectivity index (χ2v) is 3.86. The molecule has 3 aliphatic rings. The molecule has 0 spiro atoms. The third-order valence-electron chi connectivity index (χ3n) is 3.30. The molecule has 3 aliphatic carbocycles. The Bertz CT molecular complexity index is 114. The molecule has 3 fully saturated rings. The lowest BCUT2D eigenvalue weighted by atomic mass is 9.52. The number of hydrogen-bond acceptors (Lipinski definition) is 0. The maximum absolute atomic E-state index is 5.90. The minimum absolute atomic E-state index is 0.530. The molecule has 0 aromatic rings. The van der Waals surface area contributed by atoms with E-state index in [-0.39, 0.29) is 0 Å². The van der Waals surface area contributed by atoms with Crippen molar-refractivity contribution in [3.8, 4) is 0 Å². The molecular formula is C8H13B. The van der Waals surface area contributed by atoms with Crippen LogP contribution in [0.1, 0.15) is 26.2 Å². The maximum atomic E-state index is 5.90. The van der Waals surface area contributed by atoms with Gasteiger partial charge >= 0.3 is 0 Å². The minimum Gasteiger partial charge on any atom is -0.0743 e. The average Bonchev–Trinajstić information content (AvgIpc) is 1.72. The largest absolute Gasteiger partial charge is 0.0743 e. The molecule has 2 radical (unpaired) electrons. The van der Waals surface area contributed by atoms with Crippen molar-refractivity contribution in [3.05, 3.63) is 0 Å². The number of hydrogen-bond donors (Lipinski definition) is 0. The third kappa shape index (κ3) is 0.737. The van der Waals surface area contributed by atoms with Gasteiger partial charge in [-0.3, -0.25) is 0 Å². The zero-order valence-corrected chi connectivity index (χ0v) is 6.01. The van der Waals surface area contributed by atoms with Crippen LogP contribution in [0.5, 0.6) is 0 Å². The van der Waals surface area contributed by atoms with E-state index in [0.29, 0.717) is 5.82 Å². The Kier molecular flexibility index (Phi) is 1.15. The highest BCUT2D eigenvalue weighted by atomic mass is 14.4. The molecule has 0 unspecified atom stereocenters. The summed E-state index contributed by atoms with van der Waals surface area (Å²) in [5.74, 6) is 3.36. The summed E-state index contributed by atoms with van der Waals surface area (Å²) in [5.41, 5.74) is 0. The van der Waals surface area contributed by atoms with Crippen LogP contribution in [0.15, 0.2) is 0 Å². The van der Waals surface area contributed by atoms with Gasteiger partial charge in [0.05, 0.1) is 7.85 Å². The fraction of sp³-hybridized carbons (Fsp3) is 1.00. The predicted octanol–water partition coefficient (Wildman–Crippen LogP) is 2.01. The van der Waals surface area contributed by atoms with E-state index in [0.717, 1.165) is 17.8 Å². The van der Waals surface area contributed by atoms with E-state index in [1.807, 2.05) is 0 Å². The van der Waals surface area contributed by atoms with Gasteiger partial charge in [-0.25, -0.2) is 0 Å². The summed E-state index contributed by atoms with van der Waals surface area (Å²) in [6, 6.07) is 0. The highest BCUT2D eigenvalue weighted by Gasteiger charge is 2.40. The lowest BCUT2D eigenvalue weighted by Gasteiger charge is -2.49. The molecule has 0 saturated heterocycles. The highest BCUT2D eigenvalue weighted by Crippen LogP contribution is 2.52. The zero-order valence-electron chi connectivity index (χ0n) is 6.01. The molecular weight excluding hydrogens is 107 g/mol. The predicted molar refractivity (Wildman–Crippen MR) is 39.5 cm³/mol. The lowest BCUT2D eigenvalue weighted by molar-refractivity contribution is 0.0610. The Morgan fingerprint density at radius 2 is 1.89 bits per heavy atom. The molecule has 2 bridgehead atoms. The normalized spacial score (nSPS) is 56.6. The van der Waals surface area contributed by atoms with Crippen molar-refractivity contribution in [1.82, 2.24) is 0 Å². The van der Waals surface area contributed by atoms with E-state index < -0.39 is 0 Å². The van der Waals surface area contributed by atoms with Crippen LogP contribution in [0.3, 0.4) is 0 Å². The molecule has 3 saturated carbocycles. The second-order valence-electron chi connectivity index (χ2n) is 3.86. The van der Waals surface area contributed by atoms with E-state index in [9.17, 15) is 0 Å². The van der Waals surface area contributed by atoms with Crippen LogP contribution in [0.25, 0.3) is 0 Å². The Morgan fingerprint density at radius 1 is 1.22 bits per heavy atom. The summed E-state index contributed by atoms with van der Waals surface area (Å²) in [6.07, 6.45) is 4.27. The number of fused-ring (bicyclic) bond motifs is 2. The Balaban J connectivity index is 2.04. The van der Waals surface area contributed by atoms with Gasteiger partial charge in [0, 0.05) is 0 Å². The van der Waals surface area contributed by atoms with Gasteiger partial charge in [0.1, 0.15) is 0 Å². The van der Waals surface area contributed by atoms with Crippen LogP contribution in [0, 0.1) is 17.8 Å². The van der Waals surface area contributed by atoms with Crippen molar-refractivity contribution < 1.29 is 0 Å². The van der Waals surface area contributed by atoms with Gasteiger partial charge < -0.3 is 0 Å². The van der Waals surface area contributed by atoms with Crippen molar-refractivity contribution in [3.63, 3.8) is 0 Å². The van der Waals surface area contributed by atoms with Crippen molar-refractivity contribution in [2.24, 2.45) is 17.8 Å². The summed E-state index contributed by atoms with van der Waals surface area (Å²) in [4.78, 5) is 0. The van der Waals surface area contributed by atoms with Gasteiger partial charge in [0.2, 0.25) is 0 Å². The molecule has 0 amide bonds. The molecule has 2 atom stereocenters. The van der Waals surface area contributed by atoms with Crippen LogP contribution in [-0.2, 0) is 0 Å². The smallest absolute Gasteiger partial charge is 0.0703 e. The van der Waals surface area contributed by atoms with Crippen molar-refractivity contribution >= 4 is 7.85 Å². The van der Waals surface area contributed by atoms with Gasteiger partial charge in [-0.2, -0.15) is 0 Å². The summed E-state index contributed by atoms with van der Waals surface area (Å²) in [7, 11) is 5.90. The van der Waals surface area contributed by atoms with Crippen LogP contribution >= 0.6 is 0 Å². The summed E-state index contributed by atoms with van der Waals surface area (Å²) >= 11 is 0. The Labute approximate surface area is 58.4 Å². The summed E-state index contributed by atoms with van der Waals surface area (Å²) in [5, 5.41) is 0. The Hall–Kier alpha value is 0.0649. The molecule has 1 heteroatoms. The van der Waals surface area contributed by atoms with E-state index in [1.54, 1.807) is 0 Å². The van der Waals surface area contributed by atoms with E-state index in [1.165, 1.54) is 19.3 Å². The van der Waals surface area contributed by atoms with Gasteiger partial charge in [-0.1, -0.05) is 19.2 Å². The molecule has 3 rings (SSSR count). The average molecular weight is 120 g/mol. The quantitative estimate of drug-likeness (QED) is 0.429. The van der Waals surface area contributed by atoms with Gasteiger partial charge in [0.25, 0.3) is 0 Å². The maximum Gasteiger partial charge on any atom is 0.0703 e. The van der Waals surface area contributed by atoms with Crippen molar-refractivity contribution in [2.45, 2.75) is 32.0 Å². The highest BCUT2D eigenvalue weighted by molar-refractivity contribution is 6.11. The molecule has 9 heavy (non-hydrogen) atoms. The topological polar surface area (TPSA) is 0 Å². The van der Waals surface area contributed by atoms with Crippen molar-refractivity contribution in [2.75, 3.05) is 0 Å². The fourth-order valence-electron chi connectivity index (χ4n) is 2.36. The first kappa shape index (κ1) is 5.82. The van der Waals surface area contributed by atoms with E-state index >= 15 is 0 Å². The Morgan fingerprint density at radius 3 is 2.22 bits per heavy atom. The zero-order chi connectivity index (χ0) is 6.43. The van der Waals surface area contributed by atoms with Crippen LogP contribution in [0.2, 0.25) is 5.82 Å². The summed E-state index contributed by atoms with van der Waals surface area (Å²) < 4.78 is 0. The van der Waals surface area contributed by atoms with Gasteiger partial charge in [-0.15, -0.1) is 0 Å². The third-order valence-corrected chi connectivity index (χ3v) is 3.30. The monoisotopic (exact) mass is 120 g/mol. The van der Waals surface area contributed by atoms with Crippen LogP contribution in [-0.4, -0.2) is 7.85 Å². The molecule has 48 valence electrons. The van der Waals surface area contributed by atoms with Crippen LogP contribution < -0.4 is 0 Å². The summed E-state index contributed by atoms with van der Waals surface area (Å²) in [6.45, 7) is 2.31. The number of rotatable bonds is 0. The van der Waals surface area contributed by atoms with Crippen molar-refractivity contribution in [1.29, 1.82) is 0 Å². The first-order chi connectivity index (χ1) is 4.27. The second kappa shape index (κ2) is 1.77.